The summed E-state index contributed by atoms with van der Waals surface area (Å²) in [6, 6.07) is 8.44. The van der Waals surface area contributed by atoms with Gasteiger partial charge in [-0.25, -0.2) is 0 Å². The van der Waals surface area contributed by atoms with E-state index in [1.54, 1.807) is 6.08 Å². The maximum Gasteiger partial charge on any atom is 0.309 e. The molecule has 2 rings (SSSR count). The Morgan fingerprint density at radius 1 is 1.16 bits per heavy atom. The van der Waals surface area contributed by atoms with Crippen molar-refractivity contribution in [2.24, 2.45) is 0 Å². The highest BCUT2D eigenvalue weighted by molar-refractivity contribution is 6.35. The van der Waals surface area contributed by atoms with E-state index in [4.69, 9.17) is 0 Å². The van der Waals surface area contributed by atoms with E-state index in [1.165, 1.54) is 12.8 Å². The molecule has 0 radical (unpaired) electrons. The largest absolute Gasteiger partial charge is 0.378 e. The van der Waals surface area contributed by atoms with Crippen LogP contribution in [-0.4, -0.2) is 57.0 Å². The molecule has 0 saturated carbocycles. The van der Waals surface area contributed by atoms with Crippen LogP contribution in [0.25, 0.3) is 0 Å². The number of anilines is 1. The van der Waals surface area contributed by atoms with Crippen LogP contribution in [0.2, 0.25) is 0 Å². The smallest absolute Gasteiger partial charge is 0.309 e. The lowest BCUT2D eigenvalue weighted by molar-refractivity contribution is -0.139. The summed E-state index contributed by atoms with van der Waals surface area (Å²) < 4.78 is 0. The van der Waals surface area contributed by atoms with E-state index in [-0.39, 0.29) is 12.6 Å². The molecule has 6 heteroatoms. The molecule has 2 N–H and O–H groups in total. The minimum Gasteiger partial charge on any atom is -0.378 e. The molecule has 0 aromatic heterocycles. The Balaban J connectivity index is 2.04. The molecule has 6 nitrogen and oxygen atoms in total. The van der Waals surface area contributed by atoms with E-state index >= 15 is 0 Å². The van der Waals surface area contributed by atoms with Crippen LogP contribution in [0, 0.1) is 0 Å². The fourth-order valence-electron chi connectivity index (χ4n) is 3.02. The SMILES string of the molecule is C=CCNC(=O)C(=O)NC[C@@H](c1ccc(N(C)C)cc1)N1CCCC1. The van der Waals surface area contributed by atoms with Gasteiger partial charge in [0.1, 0.15) is 0 Å². The summed E-state index contributed by atoms with van der Waals surface area (Å²) in [5.74, 6) is -1.22. The quantitative estimate of drug-likeness (QED) is 0.578. The van der Waals surface area contributed by atoms with Gasteiger partial charge in [-0.1, -0.05) is 18.2 Å². The van der Waals surface area contributed by atoms with Crippen molar-refractivity contribution < 1.29 is 9.59 Å². The normalized spacial score (nSPS) is 15.4. The first kappa shape index (κ1) is 19.0. The lowest BCUT2D eigenvalue weighted by Gasteiger charge is -2.28. The second kappa shape index (κ2) is 9.22. The molecular weight excluding hydrogens is 316 g/mol. The predicted octanol–water partition coefficient (Wildman–Crippen LogP) is 1.31. The highest BCUT2D eigenvalue weighted by Gasteiger charge is 2.25. The Kier molecular flexibility index (Phi) is 7.01. The molecule has 1 fully saturated rings. The van der Waals surface area contributed by atoms with Crippen LogP contribution in [-0.2, 0) is 9.59 Å². The van der Waals surface area contributed by atoms with Gasteiger partial charge in [-0.3, -0.25) is 14.5 Å². The van der Waals surface area contributed by atoms with E-state index in [0.717, 1.165) is 24.3 Å². The molecule has 136 valence electrons. The van der Waals surface area contributed by atoms with Crippen LogP contribution in [0.4, 0.5) is 5.69 Å². The van der Waals surface area contributed by atoms with Crippen LogP contribution < -0.4 is 15.5 Å². The standard InChI is InChI=1S/C19H28N4O2/c1-4-11-20-18(24)19(25)21-14-17(23-12-5-6-13-23)15-7-9-16(10-8-15)22(2)3/h4,7-10,17H,1,5-6,11-14H2,2-3H3,(H,20,24)(H,21,25)/t17-/m0/s1. The summed E-state index contributed by atoms with van der Waals surface area (Å²) >= 11 is 0. The zero-order valence-corrected chi connectivity index (χ0v) is 15.1. The van der Waals surface area contributed by atoms with Gasteiger partial charge >= 0.3 is 11.8 Å². The van der Waals surface area contributed by atoms with Crippen molar-refractivity contribution in [3.05, 3.63) is 42.5 Å². The maximum atomic E-state index is 12.0. The first-order valence-electron chi connectivity index (χ1n) is 8.71. The van der Waals surface area contributed by atoms with E-state index < -0.39 is 11.8 Å². The van der Waals surface area contributed by atoms with E-state index in [1.807, 2.05) is 14.1 Å². The van der Waals surface area contributed by atoms with Crippen molar-refractivity contribution in [1.29, 1.82) is 0 Å². The average Bonchev–Trinajstić information content (AvgIpc) is 3.14. The summed E-state index contributed by atoms with van der Waals surface area (Å²) in [5.41, 5.74) is 2.29. The molecule has 0 aliphatic carbocycles. The molecule has 0 bridgehead atoms. The fourth-order valence-corrected chi connectivity index (χ4v) is 3.02. The van der Waals surface area contributed by atoms with Crippen LogP contribution in [0.5, 0.6) is 0 Å². The van der Waals surface area contributed by atoms with Crippen molar-refractivity contribution in [3.8, 4) is 0 Å². The molecule has 1 aliphatic heterocycles. The van der Waals surface area contributed by atoms with Crippen molar-refractivity contribution >= 4 is 17.5 Å². The summed E-state index contributed by atoms with van der Waals surface area (Å²) in [6.07, 6.45) is 3.88. The zero-order valence-electron chi connectivity index (χ0n) is 15.1. The molecule has 1 aromatic rings. The zero-order chi connectivity index (χ0) is 18.2. The maximum absolute atomic E-state index is 12.0. The van der Waals surface area contributed by atoms with Gasteiger partial charge in [-0.2, -0.15) is 0 Å². The molecule has 1 atom stereocenters. The summed E-state index contributed by atoms with van der Waals surface area (Å²) in [6.45, 7) is 6.25. The second-order valence-electron chi connectivity index (χ2n) is 6.45. The first-order chi connectivity index (χ1) is 12.0. The molecule has 25 heavy (non-hydrogen) atoms. The molecule has 1 heterocycles. The molecular formula is C19H28N4O2. The number of rotatable bonds is 7. The third-order valence-electron chi connectivity index (χ3n) is 4.44. The van der Waals surface area contributed by atoms with Gasteiger partial charge < -0.3 is 15.5 Å². The van der Waals surface area contributed by atoms with Crippen molar-refractivity contribution in [1.82, 2.24) is 15.5 Å². The second-order valence-corrected chi connectivity index (χ2v) is 6.45. The molecule has 1 aromatic carbocycles. The highest BCUT2D eigenvalue weighted by Crippen LogP contribution is 2.26. The Hall–Kier alpha value is -2.34. The summed E-state index contributed by atoms with van der Waals surface area (Å²) in [5, 5.41) is 5.26. The van der Waals surface area contributed by atoms with Gasteiger partial charge in [0.25, 0.3) is 0 Å². The number of hydrogen-bond donors (Lipinski definition) is 2. The van der Waals surface area contributed by atoms with Crippen molar-refractivity contribution in [2.75, 3.05) is 45.2 Å². The van der Waals surface area contributed by atoms with Gasteiger partial charge in [-0.15, -0.1) is 6.58 Å². The van der Waals surface area contributed by atoms with Crippen molar-refractivity contribution in [3.63, 3.8) is 0 Å². The Bertz CT molecular complexity index is 592. The minimum atomic E-state index is -0.622. The van der Waals surface area contributed by atoms with Gasteiger partial charge in [0.05, 0.1) is 6.04 Å². The number of likely N-dealkylation sites (tertiary alicyclic amines) is 1. The van der Waals surface area contributed by atoms with Gasteiger partial charge in [0.15, 0.2) is 0 Å². The number of carbonyl (C=O) groups is 2. The third kappa shape index (κ3) is 5.32. The van der Waals surface area contributed by atoms with Crippen LogP contribution in [0.15, 0.2) is 36.9 Å². The first-order valence-corrected chi connectivity index (χ1v) is 8.71. The van der Waals surface area contributed by atoms with Crippen LogP contribution in [0.1, 0.15) is 24.4 Å². The molecule has 2 amide bonds. The van der Waals surface area contributed by atoms with Crippen LogP contribution in [0.3, 0.4) is 0 Å². The molecule has 1 aliphatic rings. The number of nitrogens with zero attached hydrogens (tertiary/aromatic N) is 2. The number of amides is 2. The Morgan fingerprint density at radius 3 is 2.32 bits per heavy atom. The van der Waals surface area contributed by atoms with E-state index in [9.17, 15) is 9.59 Å². The van der Waals surface area contributed by atoms with Crippen LogP contribution >= 0.6 is 0 Å². The summed E-state index contributed by atoms with van der Waals surface area (Å²) in [7, 11) is 4.02. The Morgan fingerprint density at radius 2 is 1.76 bits per heavy atom. The van der Waals surface area contributed by atoms with Crippen molar-refractivity contribution in [2.45, 2.75) is 18.9 Å². The number of carbonyl (C=O) groups excluding carboxylic acids is 2. The summed E-state index contributed by atoms with van der Waals surface area (Å²) in [4.78, 5) is 28.1. The van der Waals surface area contributed by atoms with Gasteiger partial charge in [0.2, 0.25) is 0 Å². The molecule has 1 saturated heterocycles. The molecule has 0 unspecified atom stereocenters. The Labute approximate surface area is 149 Å². The number of nitrogens with one attached hydrogen (secondary N) is 2. The lowest BCUT2D eigenvalue weighted by atomic mass is 10.0. The monoisotopic (exact) mass is 344 g/mol. The topological polar surface area (TPSA) is 64.7 Å². The minimum absolute atomic E-state index is 0.0786. The molecule has 0 spiro atoms. The van der Waals surface area contributed by atoms with Gasteiger partial charge in [-0.05, 0) is 43.6 Å². The van der Waals surface area contributed by atoms with E-state index in [0.29, 0.717) is 6.54 Å². The number of benzene rings is 1. The van der Waals surface area contributed by atoms with E-state index in [2.05, 4.69) is 51.3 Å². The highest BCUT2D eigenvalue weighted by atomic mass is 16.2. The van der Waals surface area contributed by atoms with Gasteiger partial charge in [0, 0.05) is 32.9 Å². The lowest BCUT2D eigenvalue weighted by Crippen LogP contribution is -2.43. The third-order valence-corrected chi connectivity index (χ3v) is 4.44. The predicted molar refractivity (Wildman–Crippen MR) is 101 cm³/mol. The number of hydrogen-bond acceptors (Lipinski definition) is 4. The fraction of sp³-hybridized carbons (Fsp3) is 0.474. The average molecular weight is 344 g/mol.